The van der Waals surface area contributed by atoms with E-state index >= 15 is 0 Å². The molecule has 0 heterocycles. The third-order valence-corrected chi connectivity index (χ3v) is 20.6. The molecule has 0 spiro atoms. The highest BCUT2D eigenvalue weighted by molar-refractivity contribution is 6.99. The molecule has 2 rings (SSSR count). The fourth-order valence-electron chi connectivity index (χ4n) is 6.91. The van der Waals surface area contributed by atoms with E-state index in [1.54, 1.807) is 0 Å². The van der Waals surface area contributed by atoms with Crippen LogP contribution in [0.3, 0.4) is 0 Å². The normalized spacial score (nSPS) is 13.7. The highest BCUT2D eigenvalue weighted by atomic mass is 28.4. The van der Waals surface area contributed by atoms with E-state index in [2.05, 4.69) is 205 Å². The first-order valence-electron chi connectivity index (χ1n) is 17.6. The summed E-state index contributed by atoms with van der Waals surface area (Å²) in [5.41, 5.74) is 1.88. The van der Waals surface area contributed by atoms with E-state index in [-0.39, 0.29) is 21.8 Å². The van der Waals surface area contributed by atoms with E-state index in [1.165, 1.54) is 10.4 Å². The average molecular weight is 689 g/mol. The van der Waals surface area contributed by atoms with Crippen LogP contribution in [-0.2, 0) is 13.3 Å². The van der Waals surface area contributed by atoms with Gasteiger partial charge in [0, 0.05) is 16.8 Å². The molecule has 2 aromatic rings. The van der Waals surface area contributed by atoms with Crippen LogP contribution in [0.2, 0.25) is 41.3 Å². The van der Waals surface area contributed by atoms with Crippen molar-refractivity contribution in [1.29, 1.82) is 0 Å². The molecule has 0 amide bonds. The summed E-state index contributed by atoms with van der Waals surface area (Å²) in [6, 6.07) is 21.6. The van der Waals surface area contributed by atoms with Gasteiger partial charge in [-0.2, -0.15) is 0 Å². The Balaban J connectivity index is 0.000000732. The Kier molecular flexibility index (Phi) is 16.7. The topological polar surface area (TPSA) is 27.7 Å². The SMILES string of the molecule is CC(C)(C)O[Si](C)(C)C.CC(C)(C)O[Si](c1ccccc1)(c1ccccc1)C(C)(C)C.CC(C)[Si](OC(C)(C)C)(C(C)C)C(C)C. The van der Waals surface area contributed by atoms with E-state index in [9.17, 15) is 0 Å². The molecule has 0 atom stereocenters. The molecule has 0 bridgehead atoms. The van der Waals surface area contributed by atoms with Crippen LogP contribution in [0.25, 0.3) is 0 Å². The molecular weight excluding hydrogens is 613 g/mol. The molecule has 2 aromatic carbocycles. The fraction of sp³-hybridized carbons (Fsp3) is 0.700. The monoisotopic (exact) mass is 689 g/mol. The van der Waals surface area contributed by atoms with Crippen LogP contribution in [-0.4, -0.2) is 41.8 Å². The van der Waals surface area contributed by atoms with E-state index in [1.807, 2.05) is 0 Å². The average Bonchev–Trinajstić information content (AvgIpc) is 2.83. The quantitative estimate of drug-likeness (QED) is 0.258. The Bertz CT molecular complexity index is 1040. The van der Waals surface area contributed by atoms with Crippen molar-refractivity contribution in [2.75, 3.05) is 0 Å². The van der Waals surface area contributed by atoms with Crippen molar-refractivity contribution in [2.24, 2.45) is 0 Å². The van der Waals surface area contributed by atoms with E-state index in [0.717, 1.165) is 0 Å². The maximum absolute atomic E-state index is 6.90. The number of hydrogen-bond acceptors (Lipinski definition) is 3. The van der Waals surface area contributed by atoms with Gasteiger partial charge < -0.3 is 13.3 Å². The second-order valence-electron chi connectivity index (χ2n) is 18.7. The van der Waals surface area contributed by atoms with Crippen molar-refractivity contribution >= 4 is 35.3 Å². The molecule has 0 radical (unpaired) electrons. The van der Waals surface area contributed by atoms with Gasteiger partial charge in [-0.05, 0) is 114 Å². The van der Waals surface area contributed by atoms with Gasteiger partial charge in [0.05, 0.1) is 0 Å². The Morgan fingerprint density at radius 3 is 0.870 bits per heavy atom. The minimum absolute atomic E-state index is 0.00890. The van der Waals surface area contributed by atoms with Gasteiger partial charge in [0.15, 0.2) is 8.32 Å². The summed E-state index contributed by atoms with van der Waals surface area (Å²) in [5.74, 6) is 0. The van der Waals surface area contributed by atoms with E-state index < -0.39 is 25.0 Å². The van der Waals surface area contributed by atoms with Crippen LogP contribution in [0.4, 0.5) is 0 Å². The van der Waals surface area contributed by atoms with Gasteiger partial charge in [-0.3, -0.25) is 0 Å². The van der Waals surface area contributed by atoms with Crippen LogP contribution >= 0.6 is 0 Å². The van der Waals surface area contributed by atoms with Gasteiger partial charge in [-0.25, -0.2) is 0 Å². The number of rotatable bonds is 8. The minimum Gasteiger partial charge on any atom is -0.413 e. The number of hydrogen-bond donors (Lipinski definition) is 0. The zero-order valence-corrected chi connectivity index (χ0v) is 37.2. The summed E-state index contributed by atoms with van der Waals surface area (Å²) >= 11 is 0. The molecule has 0 aliphatic carbocycles. The summed E-state index contributed by atoms with van der Waals surface area (Å²) in [4.78, 5) is 0. The second kappa shape index (κ2) is 17.1. The van der Waals surface area contributed by atoms with Gasteiger partial charge in [-0.1, -0.05) is 123 Å². The predicted molar refractivity (Wildman–Crippen MR) is 215 cm³/mol. The molecule has 0 aliphatic rings. The summed E-state index contributed by atoms with van der Waals surface area (Å²) in [7, 11) is -5.34. The smallest absolute Gasteiger partial charge is 0.261 e. The van der Waals surface area contributed by atoms with Crippen LogP contribution in [0.15, 0.2) is 60.7 Å². The molecule has 266 valence electrons. The van der Waals surface area contributed by atoms with Gasteiger partial charge in [0.2, 0.25) is 8.32 Å². The minimum atomic E-state index is -2.38. The molecule has 0 N–H and O–H groups in total. The molecule has 3 nitrogen and oxygen atoms in total. The first kappa shape index (κ1) is 45.0. The van der Waals surface area contributed by atoms with Gasteiger partial charge in [0.1, 0.15) is 0 Å². The zero-order chi connectivity index (χ0) is 36.6. The lowest BCUT2D eigenvalue weighted by Gasteiger charge is -2.46. The molecule has 0 saturated carbocycles. The van der Waals surface area contributed by atoms with Crippen LogP contribution in [0.5, 0.6) is 0 Å². The lowest BCUT2D eigenvalue weighted by Crippen LogP contribution is -2.68. The van der Waals surface area contributed by atoms with Crippen molar-refractivity contribution in [2.45, 2.75) is 183 Å². The molecule has 6 heteroatoms. The molecule has 0 aromatic heterocycles. The van der Waals surface area contributed by atoms with Crippen molar-refractivity contribution in [3.8, 4) is 0 Å². The first-order valence-corrected chi connectivity index (χ1v) is 25.1. The summed E-state index contributed by atoms with van der Waals surface area (Å²) < 4.78 is 19.2. The van der Waals surface area contributed by atoms with Crippen LogP contribution in [0, 0.1) is 0 Å². The maximum atomic E-state index is 6.90. The van der Waals surface area contributed by atoms with Crippen molar-refractivity contribution in [3.05, 3.63) is 60.7 Å². The highest BCUT2D eigenvalue weighted by Crippen LogP contribution is 2.44. The molecule has 0 fully saturated rings. The third kappa shape index (κ3) is 14.6. The standard InChI is InChI=1S/C20H28OSi.C13H30OSi.C7H18OSi/c1-19(2,3)21-22(20(4,5)6,17-13-9-7-10-14-17)18-15-11-8-12-16-18;1-10(2)15(11(3)4,12(5)6)14-13(7,8)9;1-7(2,3)8-9(4,5)6/h7-16H,1-6H3;10-12H,1-9H3;1-6H3. The van der Waals surface area contributed by atoms with Gasteiger partial charge in [0.25, 0.3) is 8.32 Å². The maximum Gasteiger partial charge on any atom is 0.261 e. The van der Waals surface area contributed by atoms with Crippen molar-refractivity contribution in [3.63, 3.8) is 0 Å². The molecule has 46 heavy (non-hydrogen) atoms. The summed E-state index contributed by atoms with van der Waals surface area (Å²) in [5, 5.41) is 2.72. The third-order valence-electron chi connectivity index (χ3n) is 7.68. The first-order chi connectivity index (χ1) is 20.4. The van der Waals surface area contributed by atoms with Gasteiger partial charge in [-0.15, -0.1) is 0 Å². The van der Waals surface area contributed by atoms with Crippen molar-refractivity contribution < 1.29 is 13.3 Å². The Labute approximate surface area is 291 Å². The molecular formula is C40H76O3Si3. The summed E-state index contributed by atoms with van der Waals surface area (Å²) in [6.45, 7) is 46.9. The Morgan fingerprint density at radius 1 is 0.435 bits per heavy atom. The highest BCUT2D eigenvalue weighted by Gasteiger charge is 2.52. The fourth-order valence-corrected chi connectivity index (χ4v) is 19.4. The zero-order valence-electron chi connectivity index (χ0n) is 34.2. The van der Waals surface area contributed by atoms with Crippen LogP contribution in [0.1, 0.15) is 125 Å². The van der Waals surface area contributed by atoms with Crippen molar-refractivity contribution in [1.82, 2.24) is 0 Å². The molecule has 0 aliphatic heterocycles. The van der Waals surface area contributed by atoms with E-state index in [4.69, 9.17) is 13.3 Å². The summed E-state index contributed by atoms with van der Waals surface area (Å²) in [6.07, 6.45) is 0. The molecule has 0 unspecified atom stereocenters. The lowest BCUT2D eigenvalue weighted by atomic mass is 10.2. The second-order valence-corrected chi connectivity index (χ2v) is 32.8. The lowest BCUT2D eigenvalue weighted by molar-refractivity contribution is 0.106. The number of benzene rings is 2. The Hall–Kier alpha value is -1.03. The van der Waals surface area contributed by atoms with E-state index in [0.29, 0.717) is 16.6 Å². The van der Waals surface area contributed by atoms with Gasteiger partial charge >= 0.3 is 0 Å². The molecule has 0 saturated heterocycles. The Morgan fingerprint density at radius 2 is 0.717 bits per heavy atom. The predicted octanol–water partition coefficient (Wildman–Crippen LogP) is 12.0. The largest absolute Gasteiger partial charge is 0.413 e. The van der Waals surface area contributed by atoms with Crippen LogP contribution < -0.4 is 10.4 Å².